The number of hydrogen-bond donors (Lipinski definition) is 1. The van der Waals surface area contributed by atoms with E-state index in [1.807, 2.05) is 23.1 Å². The molecular formula is C23H25N3O5S. The molecule has 8 nitrogen and oxygen atoms in total. The summed E-state index contributed by atoms with van der Waals surface area (Å²) >= 11 is 0. The van der Waals surface area contributed by atoms with E-state index in [1.165, 1.54) is 28.6 Å². The van der Waals surface area contributed by atoms with E-state index in [9.17, 15) is 18.0 Å². The first kappa shape index (κ1) is 21.1. The van der Waals surface area contributed by atoms with Gasteiger partial charge in [-0.3, -0.25) is 9.59 Å². The zero-order valence-corrected chi connectivity index (χ0v) is 18.4. The number of carbonyl (C=O) groups is 2. The van der Waals surface area contributed by atoms with Crippen LogP contribution in [0.5, 0.6) is 0 Å². The molecule has 2 aliphatic heterocycles. The van der Waals surface area contributed by atoms with Crippen molar-refractivity contribution in [2.75, 3.05) is 43.1 Å². The van der Waals surface area contributed by atoms with Gasteiger partial charge in [-0.1, -0.05) is 6.07 Å². The molecule has 0 bridgehead atoms. The highest BCUT2D eigenvalue weighted by molar-refractivity contribution is 7.89. The number of amides is 2. The lowest BCUT2D eigenvalue weighted by atomic mass is 10.1. The molecule has 1 N–H and O–H groups in total. The fraction of sp³-hybridized carbons (Fsp3) is 0.391. The van der Waals surface area contributed by atoms with Gasteiger partial charge >= 0.3 is 0 Å². The van der Waals surface area contributed by atoms with Gasteiger partial charge in [-0.05, 0) is 61.2 Å². The molecule has 9 heteroatoms. The standard InChI is InChI=1S/C23H25N3O5S/c27-22(17-4-7-20(8-5-17)32(29,30)25-11-13-31-14-12-25)24-19-6-3-16-9-10-26(21(16)15-19)23(28)18-1-2-18/h3-8,15,18H,1-2,9-14H2,(H,24,27). The highest BCUT2D eigenvalue weighted by Gasteiger charge is 2.36. The van der Waals surface area contributed by atoms with Crippen LogP contribution in [0.1, 0.15) is 28.8 Å². The second kappa shape index (κ2) is 8.31. The Labute approximate surface area is 187 Å². The van der Waals surface area contributed by atoms with Crippen molar-refractivity contribution in [2.24, 2.45) is 5.92 Å². The number of benzene rings is 2. The Morgan fingerprint density at radius 2 is 1.69 bits per heavy atom. The van der Waals surface area contributed by atoms with Gasteiger partial charge in [0, 0.05) is 42.5 Å². The number of carbonyl (C=O) groups excluding carboxylic acids is 2. The molecule has 2 heterocycles. The van der Waals surface area contributed by atoms with Gasteiger partial charge in [0.05, 0.1) is 18.1 Å². The van der Waals surface area contributed by atoms with Gasteiger partial charge in [0.15, 0.2) is 0 Å². The lowest BCUT2D eigenvalue weighted by molar-refractivity contribution is -0.119. The van der Waals surface area contributed by atoms with Crippen molar-refractivity contribution in [3.63, 3.8) is 0 Å². The maximum atomic E-state index is 12.7. The summed E-state index contributed by atoms with van der Waals surface area (Å²) in [5, 5.41) is 2.86. The van der Waals surface area contributed by atoms with Crippen LogP contribution in [0.15, 0.2) is 47.4 Å². The highest BCUT2D eigenvalue weighted by atomic mass is 32.2. The van der Waals surface area contributed by atoms with Crippen LogP contribution < -0.4 is 10.2 Å². The first-order chi connectivity index (χ1) is 15.4. The van der Waals surface area contributed by atoms with E-state index in [4.69, 9.17) is 4.74 Å². The molecule has 1 aliphatic carbocycles. The number of morpholine rings is 1. The molecule has 0 spiro atoms. The molecule has 0 aromatic heterocycles. The third-order valence-corrected chi connectivity index (χ3v) is 8.07. The molecule has 2 fully saturated rings. The Bertz CT molecular complexity index is 1150. The summed E-state index contributed by atoms with van der Waals surface area (Å²) < 4.78 is 32.1. The lowest BCUT2D eigenvalue weighted by Crippen LogP contribution is -2.40. The van der Waals surface area contributed by atoms with Crippen molar-refractivity contribution in [1.29, 1.82) is 0 Å². The summed E-state index contributed by atoms with van der Waals surface area (Å²) in [6, 6.07) is 11.6. The Balaban J connectivity index is 1.29. The van der Waals surface area contributed by atoms with Crippen LogP contribution in [0.2, 0.25) is 0 Å². The number of nitrogens with one attached hydrogen (secondary N) is 1. The van der Waals surface area contributed by atoms with E-state index >= 15 is 0 Å². The minimum absolute atomic E-state index is 0.145. The number of hydrogen-bond acceptors (Lipinski definition) is 5. The largest absolute Gasteiger partial charge is 0.379 e. The number of sulfonamides is 1. The van der Waals surface area contributed by atoms with Crippen LogP contribution in [0, 0.1) is 5.92 Å². The van der Waals surface area contributed by atoms with Crippen LogP contribution in [-0.4, -0.2) is 57.4 Å². The first-order valence-corrected chi connectivity index (χ1v) is 12.3. The molecular weight excluding hydrogens is 430 g/mol. The van der Waals surface area contributed by atoms with E-state index in [2.05, 4.69) is 5.32 Å². The van der Waals surface area contributed by atoms with Crippen LogP contribution in [0.3, 0.4) is 0 Å². The second-order valence-corrected chi connectivity index (χ2v) is 10.3. The lowest BCUT2D eigenvalue weighted by Gasteiger charge is -2.26. The second-order valence-electron chi connectivity index (χ2n) is 8.35. The normalized spacial score (nSPS) is 18.9. The molecule has 1 saturated carbocycles. The maximum absolute atomic E-state index is 12.7. The van der Waals surface area contributed by atoms with Crippen molar-refractivity contribution >= 4 is 33.2 Å². The summed E-state index contributed by atoms with van der Waals surface area (Å²) in [7, 11) is -3.60. The summed E-state index contributed by atoms with van der Waals surface area (Å²) in [5.41, 5.74) is 2.94. The summed E-state index contributed by atoms with van der Waals surface area (Å²) in [5.74, 6) is -0.0194. The SMILES string of the molecule is O=C(Nc1ccc2c(c1)N(C(=O)C1CC1)CC2)c1ccc(S(=O)(=O)N2CCOCC2)cc1. The molecule has 168 valence electrons. The van der Waals surface area contributed by atoms with Gasteiger partial charge in [0.25, 0.3) is 5.91 Å². The van der Waals surface area contributed by atoms with Crippen LogP contribution in [-0.2, 0) is 26.0 Å². The number of rotatable bonds is 5. The molecule has 1 saturated heterocycles. The van der Waals surface area contributed by atoms with E-state index in [0.717, 1.165) is 30.5 Å². The average Bonchev–Trinajstić information content (AvgIpc) is 3.59. The van der Waals surface area contributed by atoms with Crippen molar-refractivity contribution in [3.8, 4) is 0 Å². The molecule has 2 amide bonds. The molecule has 2 aromatic carbocycles. The maximum Gasteiger partial charge on any atom is 0.255 e. The molecule has 5 rings (SSSR count). The number of ether oxygens (including phenoxy) is 1. The number of anilines is 2. The Morgan fingerprint density at radius 1 is 0.969 bits per heavy atom. The monoisotopic (exact) mass is 455 g/mol. The third kappa shape index (κ3) is 4.03. The zero-order chi connectivity index (χ0) is 22.3. The van der Waals surface area contributed by atoms with Crippen LogP contribution in [0.25, 0.3) is 0 Å². The third-order valence-electron chi connectivity index (χ3n) is 6.16. The van der Waals surface area contributed by atoms with E-state index in [0.29, 0.717) is 44.1 Å². The highest BCUT2D eigenvalue weighted by Crippen LogP contribution is 2.37. The minimum atomic E-state index is -3.60. The minimum Gasteiger partial charge on any atom is -0.379 e. The van der Waals surface area contributed by atoms with Gasteiger partial charge < -0.3 is 15.0 Å². The first-order valence-electron chi connectivity index (χ1n) is 10.9. The molecule has 0 unspecified atom stereocenters. The average molecular weight is 456 g/mol. The van der Waals surface area contributed by atoms with Crippen LogP contribution in [0.4, 0.5) is 11.4 Å². The molecule has 32 heavy (non-hydrogen) atoms. The fourth-order valence-electron chi connectivity index (χ4n) is 4.15. The quantitative estimate of drug-likeness (QED) is 0.746. The Kier molecular flexibility index (Phi) is 5.48. The zero-order valence-electron chi connectivity index (χ0n) is 17.6. The van der Waals surface area contributed by atoms with Crippen molar-refractivity contribution < 1.29 is 22.7 Å². The molecule has 0 radical (unpaired) electrons. The predicted octanol–water partition coefficient (Wildman–Crippen LogP) is 2.26. The van der Waals surface area contributed by atoms with Gasteiger partial charge in [0.1, 0.15) is 0 Å². The van der Waals surface area contributed by atoms with Crippen molar-refractivity contribution in [3.05, 3.63) is 53.6 Å². The number of nitrogens with zero attached hydrogens (tertiary/aromatic N) is 2. The van der Waals surface area contributed by atoms with E-state index < -0.39 is 10.0 Å². The topological polar surface area (TPSA) is 96.0 Å². The van der Waals surface area contributed by atoms with Crippen molar-refractivity contribution in [2.45, 2.75) is 24.2 Å². The fourth-order valence-corrected chi connectivity index (χ4v) is 5.56. The number of fused-ring (bicyclic) bond motifs is 1. The summed E-state index contributed by atoms with van der Waals surface area (Å²) in [6.07, 6.45) is 2.73. The van der Waals surface area contributed by atoms with E-state index in [-0.39, 0.29) is 22.6 Å². The van der Waals surface area contributed by atoms with E-state index in [1.54, 1.807) is 0 Å². The van der Waals surface area contributed by atoms with Gasteiger partial charge in [-0.15, -0.1) is 0 Å². The smallest absolute Gasteiger partial charge is 0.255 e. The van der Waals surface area contributed by atoms with Gasteiger partial charge in [-0.2, -0.15) is 4.31 Å². The van der Waals surface area contributed by atoms with Gasteiger partial charge in [0.2, 0.25) is 15.9 Å². The predicted molar refractivity (Wildman–Crippen MR) is 119 cm³/mol. The molecule has 3 aliphatic rings. The summed E-state index contributed by atoms with van der Waals surface area (Å²) in [4.78, 5) is 27.3. The molecule has 2 aromatic rings. The molecule has 0 atom stereocenters. The van der Waals surface area contributed by atoms with Crippen molar-refractivity contribution in [1.82, 2.24) is 4.31 Å². The van der Waals surface area contributed by atoms with Crippen LogP contribution >= 0.6 is 0 Å². The Morgan fingerprint density at radius 3 is 2.38 bits per heavy atom. The van der Waals surface area contributed by atoms with Gasteiger partial charge in [-0.25, -0.2) is 8.42 Å². The summed E-state index contributed by atoms with van der Waals surface area (Å²) in [6.45, 7) is 2.09. The Hall–Kier alpha value is -2.75.